The number of rotatable bonds is 8. The lowest BCUT2D eigenvalue weighted by Crippen LogP contribution is -2.23. The van der Waals surface area contributed by atoms with Gasteiger partial charge in [-0.25, -0.2) is 4.68 Å². The second-order valence-electron chi connectivity index (χ2n) is 7.46. The Kier molecular flexibility index (Phi) is 6.02. The maximum atomic E-state index is 12.7. The molecule has 0 saturated heterocycles. The van der Waals surface area contributed by atoms with Crippen molar-refractivity contribution in [2.75, 3.05) is 6.61 Å². The van der Waals surface area contributed by atoms with E-state index in [2.05, 4.69) is 10.4 Å². The number of ether oxygens (including phenoxy) is 1. The zero-order chi connectivity index (χ0) is 21.8. The van der Waals surface area contributed by atoms with Gasteiger partial charge in [-0.3, -0.25) is 9.59 Å². The number of fused-ring (bicyclic) bond motifs is 3. The third-order valence-electron chi connectivity index (χ3n) is 5.38. The Balaban J connectivity index is 1.41. The topological polar surface area (TPSA) is 78.2 Å². The summed E-state index contributed by atoms with van der Waals surface area (Å²) >= 11 is 0. The van der Waals surface area contributed by atoms with Crippen molar-refractivity contribution < 1.29 is 9.53 Å². The molecular formula is C24H26N4O3. The molecule has 160 valence electrons. The Morgan fingerprint density at radius 3 is 2.65 bits per heavy atom. The number of aryl methyl sites for hydroxylation is 2. The van der Waals surface area contributed by atoms with E-state index in [1.807, 2.05) is 60.0 Å². The number of nitrogens with zero attached hydrogens (tertiary/aromatic N) is 3. The molecule has 0 aliphatic rings. The van der Waals surface area contributed by atoms with Crippen LogP contribution >= 0.6 is 0 Å². The van der Waals surface area contributed by atoms with Gasteiger partial charge in [0.1, 0.15) is 11.3 Å². The van der Waals surface area contributed by atoms with Gasteiger partial charge in [-0.1, -0.05) is 30.3 Å². The molecule has 0 fully saturated rings. The van der Waals surface area contributed by atoms with Crippen molar-refractivity contribution in [1.82, 2.24) is 19.7 Å². The molecule has 0 saturated carbocycles. The molecule has 2 aromatic carbocycles. The van der Waals surface area contributed by atoms with E-state index in [0.29, 0.717) is 38.1 Å². The second-order valence-corrected chi connectivity index (χ2v) is 7.46. The summed E-state index contributed by atoms with van der Waals surface area (Å²) in [6.07, 6.45) is 2.75. The molecule has 0 aliphatic heterocycles. The first-order chi connectivity index (χ1) is 15.1. The molecule has 31 heavy (non-hydrogen) atoms. The van der Waals surface area contributed by atoms with Crippen LogP contribution in [0.4, 0.5) is 0 Å². The van der Waals surface area contributed by atoms with Crippen LogP contribution in [0.2, 0.25) is 0 Å². The molecule has 2 heterocycles. The molecule has 7 nitrogen and oxygen atoms in total. The molecule has 1 amide bonds. The minimum absolute atomic E-state index is 0.00998. The van der Waals surface area contributed by atoms with Crippen LogP contribution in [0.25, 0.3) is 21.8 Å². The normalized spacial score (nSPS) is 11.2. The molecule has 0 unspecified atom stereocenters. The van der Waals surface area contributed by atoms with E-state index in [9.17, 15) is 9.59 Å². The number of hydrogen-bond donors (Lipinski definition) is 1. The maximum absolute atomic E-state index is 12.7. The van der Waals surface area contributed by atoms with Gasteiger partial charge in [-0.05, 0) is 37.1 Å². The van der Waals surface area contributed by atoms with Crippen LogP contribution < -0.4 is 15.6 Å². The van der Waals surface area contributed by atoms with E-state index in [0.717, 1.165) is 27.6 Å². The molecule has 4 aromatic rings. The number of para-hydroxylation sites is 1. The number of nitrogens with one attached hydrogen (secondary N) is 1. The summed E-state index contributed by atoms with van der Waals surface area (Å²) in [4.78, 5) is 25.1. The van der Waals surface area contributed by atoms with Crippen LogP contribution in [0.15, 0.2) is 59.5 Å². The summed E-state index contributed by atoms with van der Waals surface area (Å²) in [7, 11) is 1.65. The van der Waals surface area contributed by atoms with Crippen molar-refractivity contribution in [3.05, 3.63) is 70.6 Å². The predicted molar refractivity (Wildman–Crippen MR) is 121 cm³/mol. The summed E-state index contributed by atoms with van der Waals surface area (Å²) < 4.78 is 8.79. The fourth-order valence-corrected chi connectivity index (χ4v) is 3.83. The highest BCUT2D eigenvalue weighted by atomic mass is 16.5. The Hall–Kier alpha value is -3.61. The summed E-state index contributed by atoms with van der Waals surface area (Å²) in [6, 6.07) is 15.6. The highest BCUT2D eigenvalue weighted by Gasteiger charge is 2.15. The quantitative estimate of drug-likeness (QED) is 0.476. The maximum Gasteiger partial charge on any atom is 0.291 e. The van der Waals surface area contributed by atoms with Crippen molar-refractivity contribution >= 4 is 27.7 Å². The van der Waals surface area contributed by atoms with Crippen molar-refractivity contribution in [2.45, 2.75) is 32.9 Å². The fraction of sp³-hybridized carbons (Fsp3) is 0.292. The Bertz CT molecular complexity index is 1270. The third-order valence-corrected chi connectivity index (χ3v) is 5.38. The van der Waals surface area contributed by atoms with Crippen molar-refractivity contribution in [1.29, 1.82) is 0 Å². The first-order valence-corrected chi connectivity index (χ1v) is 10.5. The lowest BCUT2D eigenvalue weighted by Gasteiger charge is -2.09. The number of carbonyl (C=O) groups excluding carboxylic acids is 1. The molecule has 1 N–H and O–H groups in total. The summed E-state index contributed by atoms with van der Waals surface area (Å²) in [6.45, 7) is 3.64. The first kappa shape index (κ1) is 20.7. The monoisotopic (exact) mass is 418 g/mol. The first-order valence-electron chi connectivity index (χ1n) is 10.5. The van der Waals surface area contributed by atoms with Crippen LogP contribution in [-0.2, 0) is 24.9 Å². The zero-order valence-electron chi connectivity index (χ0n) is 17.8. The highest BCUT2D eigenvalue weighted by Crippen LogP contribution is 2.26. The summed E-state index contributed by atoms with van der Waals surface area (Å²) in [5.41, 5.74) is 2.51. The predicted octanol–water partition coefficient (Wildman–Crippen LogP) is 3.38. The van der Waals surface area contributed by atoms with Crippen LogP contribution in [0.5, 0.6) is 5.75 Å². The minimum atomic E-state index is -0.131. The molecule has 7 heteroatoms. The number of benzene rings is 2. The highest BCUT2D eigenvalue weighted by molar-refractivity contribution is 6.07. The van der Waals surface area contributed by atoms with Crippen LogP contribution in [0, 0.1) is 0 Å². The Labute approximate surface area is 180 Å². The van der Waals surface area contributed by atoms with Crippen molar-refractivity contribution in [3.8, 4) is 5.75 Å². The number of hydrogen-bond acceptors (Lipinski definition) is 4. The van der Waals surface area contributed by atoms with Crippen molar-refractivity contribution in [3.63, 3.8) is 0 Å². The molecule has 0 radical (unpaired) electrons. The lowest BCUT2D eigenvalue weighted by atomic mass is 10.2. The van der Waals surface area contributed by atoms with Gasteiger partial charge in [0.2, 0.25) is 5.91 Å². The standard InChI is InChI=1S/C24H26N4O3/c1-3-31-18-12-10-17(11-13-18)15-25-22(29)9-6-14-28-21-8-5-4-7-19(21)20-16-26-27(2)24(30)23(20)28/h4-5,7-8,10-13,16H,3,6,9,14-15H2,1-2H3,(H,25,29). The Morgan fingerprint density at radius 2 is 1.87 bits per heavy atom. The molecule has 0 bridgehead atoms. The Morgan fingerprint density at radius 1 is 1.10 bits per heavy atom. The van der Waals surface area contributed by atoms with E-state index in [1.165, 1.54) is 4.68 Å². The largest absolute Gasteiger partial charge is 0.494 e. The average molecular weight is 418 g/mol. The van der Waals surface area contributed by atoms with Gasteiger partial charge >= 0.3 is 0 Å². The third kappa shape index (κ3) is 4.30. The van der Waals surface area contributed by atoms with Gasteiger partial charge in [-0.15, -0.1) is 0 Å². The van der Waals surface area contributed by atoms with E-state index in [1.54, 1.807) is 13.2 Å². The van der Waals surface area contributed by atoms with Crippen LogP contribution in [0.1, 0.15) is 25.3 Å². The second kappa shape index (κ2) is 9.04. The number of carbonyl (C=O) groups is 1. The molecule has 0 aliphatic carbocycles. The van der Waals surface area contributed by atoms with E-state index >= 15 is 0 Å². The van der Waals surface area contributed by atoms with E-state index in [4.69, 9.17) is 4.74 Å². The lowest BCUT2D eigenvalue weighted by molar-refractivity contribution is -0.121. The van der Waals surface area contributed by atoms with Crippen LogP contribution in [-0.4, -0.2) is 26.9 Å². The number of aromatic nitrogens is 3. The van der Waals surface area contributed by atoms with Gasteiger partial charge in [0.25, 0.3) is 5.56 Å². The van der Waals surface area contributed by atoms with Crippen molar-refractivity contribution in [2.24, 2.45) is 7.05 Å². The summed E-state index contributed by atoms with van der Waals surface area (Å²) in [5.74, 6) is 0.814. The molecule has 0 spiro atoms. The van der Waals surface area contributed by atoms with E-state index < -0.39 is 0 Å². The fourth-order valence-electron chi connectivity index (χ4n) is 3.83. The van der Waals surface area contributed by atoms with E-state index in [-0.39, 0.29) is 11.5 Å². The smallest absolute Gasteiger partial charge is 0.291 e. The molecule has 0 atom stereocenters. The SMILES string of the molecule is CCOc1ccc(CNC(=O)CCCn2c3ccccc3c3cnn(C)c(=O)c32)cc1. The molecule has 2 aromatic heterocycles. The van der Waals surface area contributed by atoms with Crippen LogP contribution in [0.3, 0.4) is 0 Å². The van der Waals surface area contributed by atoms with Gasteiger partial charge in [-0.2, -0.15) is 5.10 Å². The minimum Gasteiger partial charge on any atom is -0.494 e. The summed E-state index contributed by atoms with van der Waals surface area (Å²) in [5, 5.41) is 8.98. The average Bonchev–Trinajstić information content (AvgIpc) is 3.10. The van der Waals surface area contributed by atoms with Gasteiger partial charge in [0.15, 0.2) is 0 Å². The van der Waals surface area contributed by atoms with Gasteiger partial charge in [0, 0.05) is 42.8 Å². The zero-order valence-corrected chi connectivity index (χ0v) is 17.8. The molecule has 4 rings (SSSR count). The van der Waals surface area contributed by atoms with Gasteiger partial charge in [0.05, 0.1) is 12.8 Å². The number of amides is 1. The molecular weight excluding hydrogens is 392 g/mol. The van der Waals surface area contributed by atoms with Gasteiger partial charge < -0.3 is 14.6 Å².